The van der Waals surface area contributed by atoms with E-state index in [0.717, 1.165) is 35.5 Å². The second-order valence-electron chi connectivity index (χ2n) is 4.22. The van der Waals surface area contributed by atoms with Crippen LogP contribution in [0.5, 0.6) is 0 Å². The van der Waals surface area contributed by atoms with Gasteiger partial charge in [-0.1, -0.05) is 17.7 Å². The highest BCUT2D eigenvalue weighted by Crippen LogP contribution is 2.29. The molecule has 0 aliphatic rings. The Labute approximate surface area is 101 Å². The molecule has 1 heterocycles. The molecule has 0 amide bonds. The van der Waals surface area contributed by atoms with Crippen molar-refractivity contribution in [3.05, 3.63) is 34.0 Å². The van der Waals surface area contributed by atoms with Crippen molar-refractivity contribution in [3.8, 4) is 0 Å². The maximum Gasteiger partial charge on any atom is 0.0503 e. The number of nitrogens with one attached hydrogen (secondary N) is 1. The Hall–Kier alpha value is -0.990. The summed E-state index contributed by atoms with van der Waals surface area (Å²) in [5, 5.41) is 2.09. The average molecular weight is 237 g/mol. The van der Waals surface area contributed by atoms with Crippen LogP contribution in [0.1, 0.15) is 23.2 Å². The van der Waals surface area contributed by atoms with Crippen LogP contribution >= 0.6 is 11.6 Å². The molecule has 16 heavy (non-hydrogen) atoms. The summed E-state index contributed by atoms with van der Waals surface area (Å²) in [6.45, 7) is 4.93. The number of fused-ring (bicyclic) bond motifs is 1. The predicted molar refractivity (Wildman–Crippen MR) is 70.2 cm³/mol. The topological polar surface area (TPSA) is 41.8 Å². The fourth-order valence-electron chi connectivity index (χ4n) is 2.10. The van der Waals surface area contributed by atoms with Gasteiger partial charge in [0.25, 0.3) is 0 Å². The Bertz CT molecular complexity index is 514. The van der Waals surface area contributed by atoms with Crippen LogP contribution in [0.25, 0.3) is 10.9 Å². The van der Waals surface area contributed by atoms with Gasteiger partial charge in [0, 0.05) is 16.1 Å². The van der Waals surface area contributed by atoms with Crippen molar-refractivity contribution in [1.29, 1.82) is 0 Å². The molecule has 0 aliphatic carbocycles. The monoisotopic (exact) mass is 236 g/mol. The van der Waals surface area contributed by atoms with Crippen LogP contribution in [-0.4, -0.2) is 11.5 Å². The Kier molecular flexibility index (Phi) is 3.22. The lowest BCUT2D eigenvalue weighted by Gasteiger charge is -1.98. The first kappa shape index (κ1) is 11.5. The van der Waals surface area contributed by atoms with Crippen molar-refractivity contribution in [2.45, 2.75) is 26.7 Å². The van der Waals surface area contributed by atoms with E-state index in [0.29, 0.717) is 0 Å². The Balaban J connectivity index is 2.54. The number of H-pyrrole nitrogens is 1. The van der Waals surface area contributed by atoms with Gasteiger partial charge in [0.05, 0.1) is 5.52 Å². The summed E-state index contributed by atoms with van der Waals surface area (Å²) in [5.41, 5.74) is 10.4. The van der Waals surface area contributed by atoms with Crippen molar-refractivity contribution in [2.24, 2.45) is 5.73 Å². The molecule has 2 rings (SSSR count). The predicted octanol–water partition coefficient (Wildman–Crippen LogP) is 3.33. The van der Waals surface area contributed by atoms with Gasteiger partial charge < -0.3 is 10.7 Å². The fraction of sp³-hybridized carbons (Fsp3) is 0.385. The van der Waals surface area contributed by atoms with Crippen molar-refractivity contribution < 1.29 is 0 Å². The molecule has 1 aromatic carbocycles. The molecule has 3 N–H and O–H groups in total. The van der Waals surface area contributed by atoms with E-state index in [4.69, 9.17) is 17.3 Å². The maximum absolute atomic E-state index is 6.11. The van der Waals surface area contributed by atoms with Crippen molar-refractivity contribution >= 4 is 22.5 Å². The molecule has 0 spiro atoms. The van der Waals surface area contributed by atoms with Gasteiger partial charge in [-0.05, 0) is 50.4 Å². The van der Waals surface area contributed by atoms with E-state index in [9.17, 15) is 0 Å². The normalized spacial score (nSPS) is 11.2. The molecule has 0 unspecified atom stereocenters. The van der Waals surface area contributed by atoms with Crippen LogP contribution in [0.4, 0.5) is 0 Å². The van der Waals surface area contributed by atoms with Crippen molar-refractivity contribution in [2.75, 3.05) is 6.54 Å². The van der Waals surface area contributed by atoms with E-state index >= 15 is 0 Å². The zero-order valence-corrected chi connectivity index (χ0v) is 10.5. The molecule has 0 radical (unpaired) electrons. The third-order valence-electron chi connectivity index (χ3n) is 3.16. The van der Waals surface area contributed by atoms with E-state index in [1.165, 1.54) is 16.6 Å². The van der Waals surface area contributed by atoms with Crippen LogP contribution < -0.4 is 5.73 Å². The first-order chi connectivity index (χ1) is 7.65. The molecular weight excluding hydrogens is 220 g/mol. The second kappa shape index (κ2) is 4.48. The van der Waals surface area contributed by atoms with E-state index in [2.05, 4.69) is 18.0 Å². The highest BCUT2D eigenvalue weighted by Gasteiger charge is 2.10. The molecular formula is C13H17ClN2. The van der Waals surface area contributed by atoms with E-state index in [1.54, 1.807) is 0 Å². The number of aromatic nitrogens is 1. The molecule has 0 atom stereocenters. The first-order valence-corrected chi connectivity index (χ1v) is 5.99. The van der Waals surface area contributed by atoms with E-state index < -0.39 is 0 Å². The Morgan fingerprint density at radius 3 is 2.69 bits per heavy atom. The summed E-state index contributed by atoms with van der Waals surface area (Å²) in [6.07, 6.45) is 2.02. The SMILES string of the molecule is Cc1c(CCCN)[nH]c2c(C)c(Cl)ccc12. The molecule has 2 aromatic rings. The van der Waals surface area contributed by atoms with Gasteiger partial charge in [0.15, 0.2) is 0 Å². The lowest BCUT2D eigenvalue weighted by atomic mass is 10.1. The van der Waals surface area contributed by atoms with E-state index in [1.807, 2.05) is 13.0 Å². The molecule has 0 bridgehead atoms. The molecule has 86 valence electrons. The van der Waals surface area contributed by atoms with Crippen LogP contribution in [-0.2, 0) is 6.42 Å². The van der Waals surface area contributed by atoms with Crippen molar-refractivity contribution in [3.63, 3.8) is 0 Å². The third-order valence-corrected chi connectivity index (χ3v) is 3.57. The van der Waals surface area contributed by atoms with Gasteiger partial charge >= 0.3 is 0 Å². The second-order valence-corrected chi connectivity index (χ2v) is 4.62. The highest BCUT2D eigenvalue weighted by atomic mass is 35.5. The van der Waals surface area contributed by atoms with Crippen LogP contribution in [0, 0.1) is 13.8 Å². The minimum absolute atomic E-state index is 0.731. The summed E-state index contributed by atoms with van der Waals surface area (Å²) in [7, 11) is 0. The summed E-state index contributed by atoms with van der Waals surface area (Å²) in [4.78, 5) is 3.47. The number of hydrogen-bond acceptors (Lipinski definition) is 1. The number of benzene rings is 1. The van der Waals surface area contributed by atoms with Gasteiger partial charge in [-0.25, -0.2) is 0 Å². The Morgan fingerprint density at radius 1 is 1.25 bits per heavy atom. The lowest BCUT2D eigenvalue weighted by Crippen LogP contribution is -2.01. The highest BCUT2D eigenvalue weighted by molar-refractivity contribution is 6.32. The molecule has 2 nitrogen and oxygen atoms in total. The molecule has 3 heteroatoms. The summed E-state index contributed by atoms with van der Waals surface area (Å²) < 4.78 is 0. The average Bonchev–Trinajstić information content (AvgIpc) is 2.59. The van der Waals surface area contributed by atoms with Crippen LogP contribution in [0.3, 0.4) is 0 Å². The van der Waals surface area contributed by atoms with Crippen LogP contribution in [0.15, 0.2) is 12.1 Å². The number of aromatic amines is 1. The number of halogens is 1. The summed E-state index contributed by atoms with van der Waals surface area (Å²) in [6, 6.07) is 4.05. The summed E-state index contributed by atoms with van der Waals surface area (Å²) in [5.74, 6) is 0. The quantitative estimate of drug-likeness (QED) is 0.844. The molecule has 1 aromatic heterocycles. The minimum atomic E-state index is 0.731. The fourth-order valence-corrected chi connectivity index (χ4v) is 2.25. The standard InChI is InChI=1S/C13H17ClN2/c1-8-10-5-6-11(14)9(2)13(10)16-12(8)4-3-7-15/h5-6,16H,3-4,7,15H2,1-2H3. The number of nitrogens with two attached hydrogens (primary N) is 1. The minimum Gasteiger partial charge on any atom is -0.358 e. The van der Waals surface area contributed by atoms with Gasteiger partial charge in [0.2, 0.25) is 0 Å². The van der Waals surface area contributed by atoms with Gasteiger partial charge in [-0.3, -0.25) is 0 Å². The zero-order chi connectivity index (χ0) is 11.7. The molecule has 0 saturated heterocycles. The van der Waals surface area contributed by atoms with Crippen molar-refractivity contribution in [1.82, 2.24) is 4.98 Å². The largest absolute Gasteiger partial charge is 0.358 e. The number of hydrogen-bond donors (Lipinski definition) is 2. The van der Waals surface area contributed by atoms with Crippen LogP contribution in [0.2, 0.25) is 5.02 Å². The van der Waals surface area contributed by atoms with Gasteiger partial charge in [-0.15, -0.1) is 0 Å². The third kappa shape index (κ3) is 1.83. The molecule has 0 aliphatic heterocycles. The first-order valence-electron chi connectivity index (χ1n) is 5.61. The lowest BCUT2D eigenvalue weighted by molar-refractivity contribution is 0.813. The smallest absolute Gasteiger partial charge is 0.0503 e. The number of rotatable bonds is 3. The summed E-state index contributed by atoms with van der Waals surface area (Å²) >= 11 is 6.11. The zero-order valence-electron chi connectivity index (χ0n) is 9.73. The maximum atomic E-state index is 6.11. The Morgan fingerprint density at radius 2 is 2.00 bits per heavy atom. The molecule has 0 fully saturated rings. The van der Waals surface area contributed by atoms with E-state index in [-0.39, 0.29) is 0 Å². The number of aryl methyl sites for hydroxylation is 3. The van der Waals surface area contributed by atoms with Gasteiger partial charge in [0.1, 0.15) is 0 Å². The van der Waals surface area contributed by atoms with Gasteiger partial charge in [-0.2, -0.15) is 0 Å². The molecule has 0 saturated carbocycles.